The summed E-state index contributed by atoms with van der Waals surface area (Å²) in [5.41, 5.74) is 0.911. The lowest BCUT2D eigenvalue weighted by Gasteiger charge is -2.04. The molecular weight excluding hydrogens is 262 g/mol. The van der Waals surface area contributed by atoms with E-state index in [9.17, 15) is 13.6 Å². The Hall–Kier alpha value is -2.04. The first-order valence-corrected chi connectivity index (χ1v) is 6.48. The van der Waals surface area contributed by atoms with E-state index in [2.05, 4.69) is 18.9 Å². The Morgan fingerprint density at radius 1 is 1.25 bits per heavy atom. The molecule has 0 aliphatic heterocycles. The first kappa shape index (κ1) is 14.4. The van der Waals surface area contributed by atoms with Crippen molar-refractivity contribution in [2.75, 3.05) is 0 Å². The Bertz CT molecular complexity index is 600. The third-order valence-electron chi connectivity index (χ3n) is 2.99. The summed E-state index contributed by atoms with van der Waals surface area (Å²) in [5.74, 6) is -0.865. The zero-order valence-electron chi connectivity index (χ0n) is 11.4. The molecule has 0 aliphatic rings. The van der Waals surface area contributed by atoms with E-state index in [1.807, 2.05) is 0 Å². The lowest BCUT2D eigenvalue weighted by atomic mass is 10.1. The number of benzene rings is 1. The normalized spacial score (nSPS) is 11.1. The quantitative estimate of drug-likeness (QED) is 0.782. The second kappa shape index (κ2) is 5.94. The standard InChI is InChI=1S/C15H16F2N2O/c1-10(2)3-4-19-8-12(9-20)15(18-19)11-5-13(16)7-14(17)6-11/h5-10H,3-4H2,1-2H3. The number of rotatable bonds is 5. The maximum Gasteiger partial charge on any atom is 0.153 e. The molecule has 0 saturated carbocycles. The Balaban J connectivity index is 2.37. The van der Waals surface area contributed by atoms with Crippen LogP contribution in [0.2, 0.25) is 0 Å². The highest BCUT2D eigenvalue weighted by Crippen LogP contribution is 2.23. The van der Waals surface area contributed by atoms with Crippen molar-refractivity contribution in [3.05, 3.63) is 41.6 Å². The van der Waals surface area contributed by atoms with Gasteiger partial charge in [0.15, 0.2) is 6.29 Å². The Labute approximate surface area is 116 Å². The van der Waals surface area contributed by atoms with Crippen LogP contribution in [0.1, 0.15) is 30.6 Å². The molecule has 20 heavy (non-hydrogen) atoms. The number of aldehydes is 1. The molecule has 5 heteroatoms. The summed E-state index contributed by atoms with van der Waals surface area (Å²) < 4.78 is 28.1. The number of carbonyl (C=O) groups is 1. The molecule has 0 unspecified atom stereocenters. The van der Waals surface area contributed by atoms with Gasteiger partial charge in [-0.1, -0.05) is 13.8 Å². The predicted octanol–water partition coefficient (Wildman–Crippen LogP) is 3.69. The average molecular weight is 278 g/mol. The minimum absolute atomic E-state index is 0.271. The van der Waals surface area contributed by atoms with Gasteiger partial charge in [0.1, 0.15) is 17.3 Å². The van der Waals surface area contributed by atoms with Crippen LogP contribution in [-0.4, -0.2) is 16.1 Å². The lowest BCUT2D eigenvalue weighted by molar-refractivity contribution is 0.112. The Morgan fingerprint density at radius 2 is 1.90 bits per heavy atom. The first-order valence-electron chi connectivity index (χ1n) is 6.48. The van der Waals surface area contributed by atoms with Crippen molar-refractivity contribution in [1.82, 2.24) is 9.78 Å². The molecule has 1 heterocycles. The highest BCUT2D eigenvalue weighted by atomic mass is 19.1. The van der Waals surface area contributed by atoms with Gasteiger partial charge in [0.25, 0.3) is 0 Å². The molecule has 1 aromatic carbocycles. The number of aryl methyl sites for hydroxylation is 1. The van der Waals surface area contributed by atoms with E-state index in [1.54, 1.807) is 10.9 Å². The molecule has 106 valence electrons. The van der Waals surface area contributed by atoms with Crippen LogP contribution in [0.15, 0.2) is 24.4 Å². The van der Waals surface area contributed by atoms with Crippen LogP contribution < -0.4 is 0 Å². The van der Waals surface area contributed by atoms with Crippen molar-refractivity contribution in [3.63, 3.8) is 0 Å². The van der Waals surface area contributed by atoms with E-state index >= 15 is 0 Å². The van der Waals surface area contributed by atoms with E-state index in [0.717, 1.165) is 12.5 Å². The minimum Gasteiger partial charge on any atom is -0.298 e. The van der Waals surface area contributed by atoms with Gasteiger partial charge in [0.2, 0.25) is 0 Å². The molecule has 0 spiro atoms. The first-order chi connectivity index (χ1) is 9.49. The average Bonchev–Trinajstić information content (AvgIpc) is 2.78. The van der Waals surface area contributed by atoms with Crippen LogP contribution in [0.5, 0.6) is 0 Å². The molecule has 2 aromatic rings. The highest BCUT2D eigenvalue weighted by Gasteiger charge is 2.13. The summed E-state index contributed by atoms with van der Waals surface area (Å²) in [6.07, 6.45) is 3.17. The number of halogens is 2. The van der Waals surface area contributed by atoms with Gasteiger partial charge in [0, 0.05) is 24.4 Å². The van der Waals surface area contributed by atoms with E-state index in [4.69, 9.17) is 0 Å². The van der Waals surface area contributed by atoms with Gasteiger partial charge in [-0.25, -0.2) is 8.78 Å². The fourth-order valence-electron chi connectivity index (χ4n) is 1.94. The van der Waals surface area contributed by atoms with Gasteiger partial charge in [0.05, 0.1) is 5.56 Å². The molecule has 1 aromatic heterocycles. The molecule has 3 nitrogen and oxygen atoms in total. The third kappa shape index (κ3) is 3.29. The number of nitrogens with zero attached hydrogens (tertiary/aromatic N) is 2. The van der Waals surface area contributed by atoms with E-state index in [1.165, 1.54) is 12.1 Å². The van der Waals surface area contributed by atoms with Crippen molar-refractivity contribution in [1.29, 1.82) is 0 Å². The highest BCUT2D eigenvalue weighted by molar-refractivity contribution is 5.85. The van der Waals surface area contributed by atoms with Crippen molar-refractivity contribution >= 4 is 6.29 Å². The Morgan fingerprint density at radius 3 is 2.45 bits per heavy atom. The van der Waals surface area contributed by atoms with Crippen molar-refractivity contribution in [2.24, 2.45) is 5.92 Å². The number of aromatic nitrogens is 2. The van der Waals surface area contributed by atoms with Gasteiger partial charge >= 0.3 is 0 Å². The van der Waals surface area contributed by atoms with E-state index < -0.39 is 11.6 Å². The summed E-state index contributed by atoms with van der Waals surface area (Å²) in [7, 11) is 0. The zero-order chi connectivity index (χ0) is 14.7. The zero-order valence-corrected chi connectivity index (χ0v) is 11.4. The number of hydrogen-bond acceptors (Lipinski definition) is 2. The molecular formula is C15H16F2N2O. The van der Waals surface area contributed by atoms with Crippen LogP contribution in [0.3, 0.4) is 0 Å². The molecule has 0 bridgehead atoms. The van der Waals surface area contributed by atoms with Crippen LogP contribution >= 0.6 is 0 Å². The molecule has 0 aliphatic carbocycles. The molecule has 0 fully saturated rings. The Kier molecular flexibility index (Phi) is 4.27. The van der Waals surface area contributed by atoms with Crippen LogP contribution in [-0.2, 0) is 6.54 Å². The van der Waals surface area contributed by atoms with Crippen molar-refractivity contribution in [2.45, 2.75) is 26.8 Å². The second-order valence-corrected chi connectivity index (χ2v) is 5.15. The molecule has 0 saturated heterocycles. The second-order valence-electron chi connectivity index (χ2n) is 5.15. The molecule has 0 atom stereocenters. The summed E-state index contributed by atoms with van der Waals surface area (Å²) >= 11 is 0. The van der Waals surface area contributed by atoms with Gasteiger partial charge in [-0.15, -0.1) is 0 Å². The topological polar surface area (TPSA) is 34.9 Å². The monoisotopic (exact) mass is 278 g/mol. The lowest BCUT2D eigenvalue weighted by Crippen LogP contribution is -2.02. The van der Waals surface area contributed by atoms with Crippen LogP contribution in [0.25, 0.3) is 11.3 Å². The maximum atomic E-state index is 13.2. The van der Waals surface area contributed by atoms with Crippen LogP contribution in [0, 0.1) is 17.6 Å². The van der Waals surface area contributed by atoms with E-state index in [-0.39, 0.29) is 5.56 Å². The van der Waals surface area contributed by atoms with Gasteiger partial charge < -0.3 is 0 Å². The molecule has 0 radical (unpaired) electrons. The smallest absolute Gasteiger partial charge is 0.153 e. The fraction of sp³-hybridized carbons (Fsp3) is 0.333. The predicted molar refractivity (Wildman–Crippen MR) is 72.4 cm³/mol. The van der Waals surface area contributed by atoms with Gasteiger partial charge in [-0.05, 0) is 24.5 Å². The van der Waals surface area contributed by atoms with Crippen molar-refractivity contribution < 1.29 is 13.6 Å². The minimum atomic E-state index is -0.687. The maximum absolute atomic E-state index is 13.2. The van der Waals surface area contributed by atoms with Crippen LogP contribution in [0.4, 0.5) is 8.78 Å². The number of carbonyl (C=O) groups excluding carboxylic acids is 1. The summed E-state index contributed by atoms with van der Waals surface area (Å²) in [5, 5.41) is 4.26. The molecule has 0 amide bonds. The van der Waals surface area contributed by atoms with E-state index in [0.29, 0.717) is 30.0 Å². The van der Waals surface area contributed by atoms with Gasteiger partial charge in [-0.3, -0.25) is 9.48 Å². The summed E-state index contributed by atoms with van der Waals surface area (Å²) in [6.45, 7) is 4.84. The summed E-state index contributed by atoms with van der Waals surface area (Å²) in [6, 6.07) is 3.14. The largest absolute Gasteiger partial charge is 0.298 e. The third-order valence-corrected chi connectivity index (χ3v) is 2.99. The number of hydrogen-bond donors (Lipinski definition) is 0. The molecule has 0 N–H and O–H groups in total. The fourth-order valence-corrected chi connectivity index (χ4v) is 1.94. The molecule has 2 rings (SSSR count). The van der Waals surface area contributed by atoms with Gasteiger partial charge in [-0.2, -0.15) is 5.10 Å². The summed E-state index contributed by atoms with van der Waals surface area (Å²) in [4.78, 5) is 11.1. The van der Waals surface area contributed by atoms with Crippen molar-refractivity contribution in [3.8, 4) is 11.3 Å². The SMILES string of the molecule is CC(C)CCn1cc(C=O)c(-c2cc(F)cc(F)c2)n1.